The zero-order chi connectivity index (χ0) is 12.8. The smallest absolute Gasteiger partial charge is 0.241 e. The predicted octanol–water partition coefficient (Wildman–Crippen LogP) is 1.17. The first-order valence-corrected chi connectivity index (χ1v) is 5.51. The van der Waals surface area contributed by atoms with Gasteiger partial charge >= 0.3 is 0 Å². The number of hydrogen-bond donors (Lipinski definition) is 2. The number of hydrogen-bond acceptors (Lipinski definition) is 4. The van der Waals surface area contributed by atoms with Crippen LogP contribution < -0.4 is 15.8 Å². The van der Waals surface area contributed by atoms with E-state index in [1.165, 1.54) is 4.90 Å². The summed E-state index contributed by atoms with van der Waals surface area (Å²) in [5.41, 5.74) is 7.16. The summed E-state index contributed by atoms with van der Waals surface area (Å²) in [4.78, 5) is 12.9. The molecule has 0 aliphatic carbocycles. The SMILES string of the molecule is CCOc1cc(NCC(=O)N(C)C)ccc1N. The molecule has 3 N–H and O–H groups in total. The van der Waals surface area contributed by atoms with Gasteiger partial charge in [0.25, 0.3) is 0 Å². The molecular weight excluding hydrogens is 218 g/mol. The van der Waals surface area contributed by atoms with Gasteiger partial charge in [0.1, 0.15) is 5.75 Å². The predicted molar refractivity (Wildman–Crippen MR) is 69.2 cm³/mol. The largest absolute Gasteiger partial charge is 0.492 e. The number of carbonyl (C=O) groups is 1. The molecule has 0 spiro atoms. The van der Waals surface area contributed by atoms with Crippen LogP contribution in [0.25, 0.3) is 0 Å². The third-order valence-corrected chi connectivity index (χ3v) is 2.26. The highest BCUT2D eigenvalue weighted by atomic mass is 16.5. The van der Waals surface area contributed by atoms with Gasteiger partial charge in [-0.25, -0.2) is 0 Å². The Morgan fingerprint density at radius 1 is 1.47 bits per heavy atom. The van der Waals surface area contributed by atoms with Gasteiger partial charge < -0.3 is 20.7 Å². The van der Waals surface area contributed by atoms with E-state index in [1.54, 1.807) is 26.2 Å². The molecule has 5 heteroatoms. The van der Waals surface area contributed by atoms with Gasteiger partial charge in [0.2, 0.25) is 5.91 Å². The van der Waals surface area contributed by atoms with Crippen LogP contribution in [-0.4, -0.2) is 38.1 Å². The van der Waals surface area contributed by atoms with Crippen molar-refractivity contribution >= 4 is 17.3 Å². The lowest BCUT2D eigenvalue weighted by atomic mass is 10.2. The lowest BCUT2D eigenvalue weighted by Crippen LogP contribution is -2.28. The average Bonchev–Trinajstić information content (AvgIpc) is 2.29. The number of ether oxygens (including phenoxy) is 1. The monoisotopic (exact) mass is 237 g/mol. The summed E-state index contributed by atoms with van der Waals surface area (Å²) in [6.45, 7) is 2.71. The van der Waals surface area contributed by atoms with Crippen LogP contribution in [0.15, 0.2) is 18.2 Å². The van der Waals surface area contributed by atoms with Crippen LogP contribution in [0.3, 0.4) is 0 Å². The van der Waals surface area contributed by atoms with E-state index in [4.69, 9.17) is 10.5 Å². The summed E-state index contributed by atoms with van der Waals surface area (Å²) in [5.74, 6) is 0.648. The van der Waals surface area contributed by atoms with E-state index in [9.17, 15) is 4.79 Å². The Bertz CT molecular complexity index is 391. The molecule has 17 heavy (non-hydrogen) atoms. The third-order valence-electron chi connectivity index (χ3n) is 2.26. The van der Waals surface area contributed by atoms with Gasteiger partial charge in [-0.3, -0.25) is 4.79 Å². The number of nitrogen functional groups attached to an aromatic ring is 1. The van der Waals surface area contributed by atoms with Crippen molar-refractivity contribution < 1.29 is 9.53 Å². The minimum absolute atomic E-state index is 0.0137. The van der Waals surface area contributed by atoms with Gasteiger partial charge in [-0.1, -0.05) is 0 Å². The van der Waals surface area contributed by atoms with E-state index in [0.717, 1.165) is 5.69 Å². The molecule has 0 heterocycles. The number of nitrogens with zero attached hydrogens (tertiary/aromatic N) is 1. The van der Waals surface area contributed by atoms with Gasteiger partial charge in [0.15, 0.2) is 0 Å². The first-order chi connectivity index (χ1) is 8.04. The van der Waals surface area contributed by atoms with Crippen molar-refractivity contribution in [3.8, 4) is 5.75 Å². The Labute approximate surface area is 102 Å². The first kappa shape index (κ1) is 13.2. The average molecular weight is 237 g/mol. The summed E-state index contributed by atoms with van der Waals surface area (Å²) in [5, 5.41) is 3.03. The Kier molecular flexibility index (Phi) is 4.63. The molecule has 0 aromatic heterocycles. The van der Waals surface area contributed by atoms with Crippen molar-refractivity contribution in [2.75, 3.05) is 38.3 Å². The van der Waals surface area contributed by atoms with Crippen molar-refractivity contribution in [1.82, 2.24) is 4.90 Å². The summed E-state index contributed by atoms with van der Waals surface area (Å²) in [7, 11) is 3.44. The minimum atomic E-state index is 0.0137. The van der Waals surface area contributed by atoms with Gasteiger partial charge in [-0.05, 0) is 19.1 Å². The summed E-state index contributed by atoms with van der Waals surface area (Å²) >= 11 is 0. The van der Waals surface area contributed by atoms with Crippen molar-refractivity contribution in [2.24, 2.45) is 0 Å². The van der Waals surface area contributed by atoms with Crippen molar-refractivity contribution in [3.05, 3.63) is 18.2 Å². The van der Waals surface area contributed by atoms with E-state index in [2.05, 4.69) is 5.32 Å². The number of anilines is 2. The second kappa shape index (κ2) is 5.98. The fraction of sp³-hybridized carbons (Fsp3) is 0.417. The van der Waals surface area contributed by atoms with Crippen LogP contribution >= 0.6 is 0 Å². The quantitative estimate of drug-likeness (QED) is 0.754. The normalized spacial score (nSPS) is 9.82. The van der Waals surface area contributed by atoms with E-state index in [0.29, 0.717) is 18.0 Å². The summed E-state index contributed by atoms with van der Waals surface area (Å²) in [6.07, 6.45) is 0. The molecule has 0 aliphatic heterocycles. The second-order valence-electron chi connectivity index (χ2n) is 3.83. The van der Waals surface area contributed by atoms with E-state index >= 15 is 0 Å². The standard InChI is InChI=1S/C12H19N3O2/c1-4-17-11-7-9(5-6-10(11)13)14-8-12(16)15(2)3/h5-7,14H,4,8,13H2,1-3H3. The number of nitrogens with two attached hydrogens (primary N) is 1. The van der Waals surface area contributed by atoms with E-state index in [1.807, 2.05) is 13.0 Å². The number of benzene rings is 1. The van der Waals surface area contributed by atoms with Crippen molar-refractivity contribution in [3.63, 3.8) is 0 Å². The molecule has 0 radical (unpaired) electrons. The fourth-order valence-corrected chi connectivity index (χ4v) is 1.26. The zero-order valence-corrected chi connectivity index (χ0v) is 10.5. The summed E-state index contributed by atoms with van der Waals surface area (Å²) in [6, 6.07) is 5.37. The topological polar surface area (TPSA) is 67.6 Å². The molecule has 1 rings (SSSR count). The lowest BCUT2D eigenvalue weighted by molar-refractivity contribution is -0.126. The number of nitrogens with one attached hydrogen (secondary N) is 1. The maximum absolute atomic E-state index is 11.4. The number of likely N-dealkylation sites (N-methyl/N-ethyl adjacent to an activating group) is 1. The van der Waals surface area contributed by atoms with Crippen LogP contribution in [0.4, 0.5) is 11.4 Å². The van der Waals surface area contributed by atoms with E-state index in [-0.39, 0.29) is 12.5 Å². The van der Waals surface area contributed by atoms with Crippen LogP contribution in [0.5, 0.6) is 5.75 Å². The molecule has 0 bridgehead atoms. The van der Waals surface area contributed by atoms with Gasteiger partial charge in [0.05, 0.1) is 18.8 Å². The highest BCUT2D eigenvalue weighted by Crippen LogP contribution is 2.25. The maximum atomic E-state index is 11.4. The Morgan fingerprint density at radius 2 is 2.18 bits per heavy atom. The molecule has 1 aromatic carbocycles. The van der Waals surface area contributed by atoms with Crippen LogP contribution in [0.2, 0.25) is 0 Å². The lowest BCUT2D eigenvalue weighted by Gasteiger charge is -2.13. The molecule has 0 saturated heterocycles. The Hall–Kier alpha value is -1.91. The molecule has 0 unspecified atom stereocenters. The molecule has 0 aliphatic rings. The second-order valence-corrected chi connectivity index (χ2v) is 3.83. The number of carbonyl (C=O) groups excluding carboxylic acids is 1. The van der Waals surface area contributed by atoms with Crippen molar-refractivity contribution in [1.29, 1.82) is 0 Å². The van der Waals surface area contributed by atoms with Gasteiger partial charge in [-0.15, -0.1) is 0 Å². The molecule has 0 atom stereocenters. The number of amides is 1. The van der Waals surface area contributed by atoms with Crippen molar-refractivity contribution in [2.45, 2.75) is 6.92 Å². The number of rotatable bonds is 5. The van der Waals surface area contributed by atoms with Gasteiger partial charge in [-0.2, -0.15) is 0 Å². The molecular formula is C12H19N3O2. The molecule has 5 nitrogen and oxygen atoms in total. The van der Waals surface area contributed by atoms with Crippen LogP contribution in [0, 0.1) is 0 Å². The minimum Gasteiger partial charge on any atom is -0.492 e. The Balaban J connectivity index is 2.66. The third kappa shape index (κ3) is 3.86. The van der Waals surface area contributed by atoms with E-state index < -0.39 is 0 Å². The first-order valence-electron chi connectivity index (χ1n) is 5.51. The zero-order valence-electron chi connectivity index (χ0n) is 10.5. The summed E-state index contributed by atoms with van der Waals surface area (Å²) < 4.78 is 5.37. The highest BCUT2D eigenvalue weighted by Gasteiger charge is 2.05. The molecule has 0 fully saturated rings. The molecule has 1 amide bonds. The molecule has 94 valence electrons. The molecule has 0 saturated carbocycles. The maximum Gasteiger partial charge on any atom is 0.241 e. The molecule has 1 aromatic rings. The Morgan fingerprint density at radius 3 is 2.76 bits per heavy atom. The van der Waals surface area contributed by atoms with Crippen LogP contribution in [-0.2, 0) is 4.79 Å². The fourth-order valence-electron chi connectivity index (χ4n) is 1.26. The highest BCUT2D eigenvalue weighted by molar-refractivity contribution is 5.80. The van der Waals surface area contributed by atoms with Gasteiger partial charge in [0, 0.05) is 25.8 Å². The van der Waals surface area contributed by atoms with Crippen LogP contribution in [0.1, 0.15) is 6.92 Å².